The lowest BCUT2D eigenvalue weighted by atomic mass is 9.80. The van der Waals surface area contributed by atoms with Crippen LogP contribution in [0.1, 0.15) is 39.5 Å². The summed E-state index contributed by atoms with van der Waals surface area (Å²) in [4.78, 5) is 25.5. The smallest absolute Gasteiger partial charge is 0.417 e. The van der Waals surface area contributed by atoms with Gasteiger partial charge in [0.2, 0.25) is 5.43 Å². The van der Waals surface area contributed by atoms with Crippen LogP contribution in [0.15, 0.2) is 41.2 Å². The summed E-state index contributed by atoms with van der Waals surface area (Å²) in [5, 5.41) is 10.5. The fourth-order valence-electron chi connectivity index (χ4n) is 3.75. The number of Topliss-reactive ketones (excluding diaryl/α,β-unsaturated/α-hetero) is 1. The number of benzene rings is 2. The molecule has 0 bridgehead atoms. The lowest BCUT2D eigenvalue weighted by Crippen LogP contribution is -2.30. The first-order valence-corrected chi connectivity index (χ1v) is 9.29. The zero-order valence-electron chi connectivity index (χ0n) is 14.6. The van der Waals surface area contributed by atoms with E-state index in [1.807, 2.05) is 0 Å². The third-order valence-corrected chi connectivity index (χ3v) is 5.69. The minimum atomic E-state index is -4.64. The van der Waals surface area contributed by atoms with Gasteiger partial charge in [-0.05, 0) is 48.2 Å². The largest absolute Gasteiger partial charge is 0.428 e. The van der Waals surface area contributed by atoms with E-state index in [4.69, 9.17) is 23.2 Å². The molecule has 2 aromatic carbocycles. The fraction of sp³-hybridized carbons (Fsp3) is 0.200. The highest BCUT2D eigenvalue weighted by atomic mass is 35.5. The maximum absolute atomic E-state index is 13.2. The fourth-order valence-corrected chi connectivity index (χ4v) is 4.15. The molecule has 0 aliphatic heterocycles. The number of hydrogen-bond acceptors (Lipinski definition) is 3. The highest BCUT2D eigenvalue weighted by Gasteiger charge is 2.36. The number of carbonyl (C=O) groups excluding carboxylic acids is 1. The second-order valence-corrected chi connectivity index (χ2v) is 7.73. The molecule has 150 valence electrons. The van der Waals surface area contributed by atoms with Gasteiger partial charge in [-0.3, -0.25) is 9.59 Å². The highest BCUT2D eigenvalue weighted by molar-refractivity contribution is 6.31. The summed E-state index contributed by atoms with van der Waals surface area (Å²) in [6, 6.07) is 7.75. The van der Waals surface area contributed by atoms with E-state index < -0.39 is 33.9 Å². The normalized spacial score (nSPS) is 16.9. The molecule has 0 amide bonds. The van der Waals surface area contributed by atoms with Crippen molar-refractivity contribution in [3.05, 3.63) is 79.1 Å². The molecular weight excluding hydrogens is 430 g/mol. The lowest BCUT2D eigenvalue weighted by molar-refractivity contribution is -0.137. The molecule has 1 N–H and O–H groups in total. The number of carbonyl (C=O) groups is 1. The maximum atomic E-state index is 13.2. The summed E-state index contributed by atoms with van der Waals surface area (Å²) in [5.74, 6) is -1.19. The van der Waals surface area contributed by atoms with Gasteiger partial charge in [0.05, 0.1) is 32.7 Å². The first-order chi connectivity index (χ1) is 13.6. The number of halogens is 5. The molecule has 1 aliphatic carbocycles. The summed E-state index contributed by atoms with van der Waals surface area (Å²) in [7, 11) is 0. The molecule has 1 aliphatic rings. The monoisotopic (exact) mass is 441 g/mol. The van der Waals surface area contributed by atoms with Gasteiger partial charge in [-0.25, -0.2) is 0 Å². The predicted molar refractivity (Wildman–Crippen MR) is 102 cm³/mol. The molecule has 1 heterocycles. The number of rotatable bonds is 1. The van der Waals surface area contributed by atoms with Gasteiger partial charge >= 0.3 is 6.18 Å². The second kappa shape index (κ2) is 6.78. The standard InChI is InChI=1S/C20H12Cl2F3NO3/c21-11-2-4-15-12(8-11)19(28)18-16(26(15)29)6-10(7-17(18)27)9-1-3-14(22)13(5-9)20(23,24)25/h1-5,8,10,29H,6-7H2. The van der Waals surface area contributed by atoms with E-state index in [-0.39, 0.29) is 45.6 Å². The molecule has 29 heavy (non-hydrogen) atoms. The molecule has 1 unspecified atom stereocenters. The Morgan fingerprint density at radius 1 is 1.03 bits per heavy atom. The molecule has 3 aromatic rings. The van der Waals surface area contributed by atoms with Crippen molar-refractivity contribution in [1.29, 1.82) is 0 Å². The first kappa shape index (κ1) is 19.8. The number of aromatic nitrogens is 1. The van der Waals surface area contributed by atoms with Crippen LogP contribution in [-0.4, -0.2) is 15.7 Å². The van der Waals surface area contributed by atoms with Crippen molar-refractivity contribution in [2.75, 3.05) is 0 Å². The topological polar surface area (TPSA) is 59.3 Å². The Balaban J connectivity index is 1.86. The number of alkyl halides is 3. The van der Waals surface area contributed by atoms with Gasteiger partial charge < -0.3 is 5.21 Å². The Morgan fingerprint density at radius 3 is 2.45 bits per heavy atom. The van der Waals surface area contributed by atoms with Crippen LogP contribution in [0.2, 0.25) is 10.0 Å². The van der Waals surface area contributed by atoms with Gasteiger partial charge in [0.25, 0.3) is 0 Å². The Bertz CT molecular complexity index is 1230. The molecule has 4 nitrogen and oxygen atoms in total. The van der Waals surface area contributed by atoms with E-state index in [2.05, 4.69) is 0 Å². The van der Waals surface area contributed by atoms with Gasteiger partial charge in [-0.15, -0.1) is 0 Å². The van der Waals surface area contributed by atoms with Crippen molar-refractivity contribution in [1.82, 2.24) is 4.73 Å². The van der Waals surface area contributed by atoms with E-state index in [0.29, 0.717) is 0 Å². The number of hydrogen-bond donors (Lipinski definition) is 1. The summed E-state index contributed by atoms with van der Waals surface area (Å²) >= 11 is 11.6. The lowest BCUT2D eigenvalue weighted by Gasteiger charge is -2.26. The minimum Gasteiger partial charge on any atom is -0.428 e. The Hall–Kier alpha value is -2.51. The van der Waals surface area contributed by atoms with E-state index in [9.17, 15) is 28.0 Å². The molecule has 4 rings (SSSR count). The van der Waals surface area contributed by atoms with E-state index in [1.54, 1.807) is 0 Å². The summed E-state index contributed by atoms with van der Waals surface area (Å²) in [6.45, 7) is 0. The van der Waals surface area contributed by atoms with Crippen LogP contribution < -0.4 is 5.43 Å². The number of pyridine rings is 1. The molecule has 0 saturated carbocycles. The molecule has 0 fully saturated rings. The summed E-state index contributed by atoms with van der Waals surface area (Å²) in [6.07, 6.45) is -4.78. The maximum Gasteiger partial charge on any atom is 0.417 e. The molecular formula is C20H12Cl2F3NO3. The van der Waals surface area contributed by atoms with Crippen LogP contribution in [0.3, 0.4) is 0 Å². The Morgan fingerprint density at radius 2 is 1.76 bits per heavy atom. The van der Waals surface area contributed by atoms with Crippen LogP contribution in [0.25, 0.3) is 10.9 Å². The number of fused-ring (bicyclic) bond motifs is 2. The van der Waals surface area contributed by atoms with Crippen molar-refractivity contribution < 1.29 is 23.2 Å². The predicted octanol–water partition coefficient (Wildman–Crippen LogP) is 5.48. The average molecular weight is 442 g/mol. The van der Waals surface area contributed by atoms with Crippen molar-refractivity contribution in [3.63, 3.8) is 0 Å². The third kappa shape index (κ3) is 3.28. The average Bonchev–Trinajstić information content (AvgIpc) is 2.65. The van der Waals surface area contributed by atoms with Crippen LogP contribution in [0.4, 0.5) is 13.2 Å². The van der Waals surface area contributed by atoms with Crippen LogP contribution in [-0.2, 0) is 12.6 Å². The van der Waals surface area contributed by atoms with Crippen LogP contribution in [0, 0.1) is 0 Å². The molecule has 0 spiro atoms. The number of ketones is 1. The van der Waals surface area contributed by atoms with Gasteiger partial charge in [0.1, 0.15) is 0 Å². The van der Waals surface area contributed by atoms with Gasteiger partial charge in [0.15, 0.2) is 5.78 Å². The zero-order chi connectivity index (χ0) is 21.1. The molecule has 0 saturated heterocycles. The van der Waals surface area contributed by atoms with E-state index in [1.165, 1.54) is 24.3 Å². The third-order valence-electron chi connectivity index (χ3n) is 5.12. The molecule has 1 aromatic heterocycles. The minimum absolute atomic E-state index is 0.0182. The SMILES string of the molecule is O=C1CC(c2ccc(Cl)c(C(F)(F)F)c2)Cc2c1c(=O)c1cc(Cl)ccc1n2O. The van der Waals surface area contributed by atoms with Crippen LogP contribution in [0.5, 0.6) is 0 Å². The van der Waals surface area contributed by atoms with Crippen LogP contribution >= 0.6 is 23.2 Å². The van der Waals surface area contributed by atoms with E-state index >= 15 is 0 Å². The molecule has 9 heteroatoms. The van der Waals surface area contributed by atoms with Gasteiger partial charge in [-0.1, -0.05) is 29.3 Å². The summed E-state index contributed by atoms with van der Waals surface area (Å²) < 4.78 is 40.3. The second-order valence-electron chi connectivity index (χ2n) is 6.89. The molecule has 1 atom stereocenters. The van der Waals surface area contributed by atoms with Crippen molar-refractivity contribution >= 4 is 39.9 Å². The Kier molecular flexibility index (Phi) is 4.63. The highest BCUT2D eigenvalue weighted by Crippen LogP contribution is 2.39. The van der Waals surface area contributed by atoms with E-state index in [0.717, 1.165) is 16.9 Å². The summed E-state index contributed by atoms with van der Waals surface area (Å²) in [5.41, 5.74) is -1.23. The van der Waals surface area contributed by atoms with Crippen molar-refractivity contribution in [3.8, 4) is 0 Å². The zero-order valence-corrected chi connectivity index (χ0v) is 16.1. The van der Waals surface area contributed by atoms with Gasteiger partial charge in [-0.2, -0.15) is 17.9 Å². The van der Waals surface area contributed by atoms with Crippen molar-refractivity contribution in [2.45, 2.75) is 24.9 Å². The quantitative estimate of drug-likeness (QED) is 0.508. The molecule has 0 radical (unpaired) electrons. The Labute approximate surface area is 172 Å². The van der Waals surface area contributed by atoms with Gasteiger partial charge in [0, 0.05) is 11.4 Å². The first-order valence-electron chi connectivity index (χ1n) is 8.54. The van der Waals surface area contributed by atoms with Crippen molar-refractivity contribution in [2.24, 2.45) is 0 Å². The number of nitrogens with zero attached hydrogens (tertiary/aromatic N) is 1.